The minimum atomic E-state index is -4.84. The molecule has 0 saturated carbocycles. The molecule has 3 nitrogen and oxygen atoms in total. The second kappa shape index (κ2) is 4.97. The Balaban J connectivity index is 2.72. The Hall–Kier alpha value is -1.56. The molecule has 0 fully saturated rings. The van der Waals surface area contributed by atoms with Gasteiger partial charge in [-0.05, 0) is 25.5 Å². The number of carbonyl (C=O) groups excluding carboxylic acids is 1. The van der Waals surface area contributed by atoms with Crippen molar-refractivity contribution in [2.45, 2.75) is 32.0 Å². The van der Waals surface area contributed by atoms with Crippen molar-refractivity contribution in [3.63, 3.8) is 0 Å². The van der Waals surface area contributed by atoms with Crippen LogP contribution >= 0.6 is 0 Å². The maximum Gasteiger partial charge on any atom is 0.417 e. The molecule has 1 aromatic carbocycles. The van der Waals surface area contributed by atoms with Crippen LogP contribution in [0.25, 0.3) is 0 Å². The van der Waals surface area contributed by atoms with Crippen LogP contribution in [0.4, 0.5) is 18.9 Å². The SMILES string of the molecule is Cc1ccccc1NC(=O)C[C@](C)(O)C(F)(F)F. The summed E-state index contributed by atoms with van der Waals surface area (Å²) in [7, 11) is 0. The molecule has 18 heavy (non-hydrogen) atoms. The molecule has 1 amide bonds. The molecule has 0 unspecified atom stereocenters. The zero-order chi connectivity index (χ0) is 14.0. The molecule has 2 N–H and O–H groups in total. The van der Waals surface area contributed by atoms with Crippen LogP contribution in [0.15, 0.2) is 24.3 Å². The van der Waals surface area contributed by atoms with Crippen LogP contribution in [0.1, 0.15) is 18.9 Å². The number of benzene rings is 1. The van der Waals surface area contributed by atoms with Gasteiger partial charge in [-0.3, -0.25) is 4.79 Å². The normalized spacial score (nSPS) is 15.0. The van der Waals surface area contributed by atoms with Crippen molar-refractivity contribution in [1.29, 1.82) is 0 Å². The fourth-order valence-electron chi connectivity index (χ4n) is 1.32. The van der Waals surface area contributed by atoms with Gasteiger partial charge >= 0.3 is 6.18 Å². The maximum absolute atomic E-state index is 12.4. The molecule has 0 bridgehead atoms. The molecule has 0 spiro atoms. The van der Waals surface area contributed by atoms with Crippen molar-refractivity contribution >= 4 is 11.6 Å². The molecular weight excluding hydrogens is 247 g/mol. The van der Waals surface area contributed by atoms with Gasteiger partial charge in [0.15, 0.2) is 5.60 Å². The zero-order valence-electron chi connectivity index (χ0n) is 10.0. The van der Waals surface area contributed by atoms with Crippen LogP contribution < -0.4 is 5.32 Å². The topological polar surface area (TPSA) is 49.3 Å². The predicted octanol–water partition coefficient (Wildman–Crippen LogP) is 2.64. The Bertz CT molecular complexity index is 441. The number of hydrogen-bond donors (Lipinski definition) is 2. The van der Waals surface area contributed by atoms with Gasteiger partial charge in [-0.2, -0.15) is 13.2 Å². The molecule has 1 aromatic rings. The smallest absolute Gasteiger partial charge is 0.380 e. The van der Waals surface area contributed by atoms with Crippen LogP contribution in [0, 0.1) is 6.92 Å². The molecule has 6 heteroatoms. The standard InChI is InChI=1S/C12H14F3NO2/c1-8-5-3-4-6-9(8)16-10(17)7-11(2,18)12(13,14)15/h3-6,18H,7H2,1-2H3,(H,16,17)/t11-/m0/s1. The molecular formula is C12H14F3NO2. The zero-order valence-corrected chi connectivity index (χ0v) is 10.0. The van der Waals surface area contributed by atoms with E-state index in [4.69, 9.17) is 0 Å². The average Bonchev–Trinajstić information content (AvgIpc) is 2.19. The highest BCUT2D eigenvalue weighted by Gasteiger charge is 2.50. The summed E-state index contributed by atoms with van der Waals surface area (Å²) in [6, 6.07) is 6.70. The summed E-state index contributed by atoms with van der Waals surface area (Å²) in [5, 5.41) is 11.5. The Morgan fingerprint density at radius 3 is 2.39 bits per heavy atom. The van der Waals surface area contributed by atoms with E-state index in [0.29, 0.717) is 12.6 Å². The molecule has 0 radical (unpaired) electrons. The molecule has 0 heterocycles. The van der Waals surface area contributed by atoms with Crippen LogP contribution in [-0.2, 0) is 4.79 Å². The number of amides is 1. The Kier molecular flexibility index (Phi) is 4.01. The lowest BCUT2D eigenvalue weighted by Crippen LogP contribution is -2.44. The summed E-state index contributed by atoms with van der Waals surface area (Å²) >= 11 is 0. The molecule has 0 aliphatic carbocycles. The number of halogens is 3. The fraction of sp³-hybridized carbons (Fsp3) is 0.417. The highest BCUT2D eigenvalue weighted by atomic mass is 19.4. The Labute approximate surface area is 103 Å². The third-order valence-corrected chi connectivity index (χ3v) is 2.53. The number of hydrogen-bond acceptors (Lipinski definition) is 2. The highest BCUT2D eigenvalue weighted by molar-refractivity contribution is 5.92. The molecule has 100 valence electrons. The summed E-state index contributed by atoms with van der Waals surface area (Å²) in [4.78, 5) is 11.5. The van der Waals surface area contributed by atoms with Crippen molar-refractivity contribution in [1.82, 2.24) is 0 Å². The van der Waals surface area contributed by atoms with E-state index in [1.807, 2.05) is 0 Å². The van der Waals surface area contributed by atoms with E-state index >= 15 is 0 Å². The van der Waals surface area contributed by atoms with Gasteiger partial charge in [-0.1, -0.05) is 18.2 Å². The van der Waals surface area contributed by atoms with Gasteiger partial charge in [0.1, 0.15) is 0 Å². The van der Waals surface area contributed by atoms with Crippen LogP contribution in [-0.4, -0.2) is 22.8 Å². The number of para-hydroxylation sites is 1. The van der Waals surface area contributed by atoms with E-state index in [9.17, 15) is 23.1 Å². The third-order valence-electron chi connectivity index (χ3n) is 2.53. The van der Waals surface area contributed by atoms with Crippen LogP contribution in [0.3, 0.4) is 0 Å². The second-order valence-corrected chi connectivity index (χ2v) is 4.31. The first-order valence-electron chi connectivity index (χ1n) is 5.28. The van der Waals surface area contributed by atoms with Gasteiger partial charge in [0.25, 0.3) is 0 Å². The fourth-order valence-corrected chi connectivity index (χ4v) is 1.32. The molecule has 0 aliphatic heterocycles. The van der Waals surface area contributed by atoms with Crippen molar-refractivity contribution in [2.24, 2.45) is 0 Å². The molecule has 1 atom stereocenters. The van der Waals surface area contributed by atoms with Crippen molar-refractivity contribution in [2.75, 3.05) is 5.32 Å². The van der Waals surface area contributed by atoms with E-state index in [0.717, 1.165) is 5.56 Å². The number of aryl methyl sites for hydroxylation is 1. The summed E-state index contributed by atoms with van der Waals surface area (Å²) in [5.41, 5.74) is -1.86. The van der Waals surface area contributed by atoms with Crippen molar-refractivity contribution in [3.8, 4) is 0 Å². The lowest BCUT2D eigenvalue weighted by molar-refractivity contribution is -0.252. The van der Waals surface area contributed by atoms with E-state index in [2.05, 4.69) is 5.32 Å². The lowest BCUT2D eigenvalue weighted by Gasteiger charge is -2.25. The lowest BCUT2D eigenvalue weighted by atomic mass is 10.0. The molecule has 0 aromatic heterocycles. The molecule has 1 rings (SSSR count). The summed E-state index contributed by atoms with van der Waals surface area (Å²) in [6.45, 7) is 2.29. The van der Waals surface area contributed by atoms with Crippen molar-refractivity contribution in [3.05, 3.63) is 29.8 Å². The number of rotatable bonds is 3. The van der Waals surface area contributed by atoms with Gasteiger partial charge in [0.05, 0.1) is 6.42 Å². The highest BCUT2D eigenvalue weighted by Crippen LogP contribution is 2.32. The van der Waals surface area contributed by atoms with E-state index in [1.54, 1.807) is 31.2 Å². The van der Waals surface area contributed by atoms with Crippen molar-refractivity contribution < 1.29 is 23.1 Å². The first kappa shape index (κ1) is 14.5. The minimum Gasteiger partial charge on any atom is -0.380 e. The van der Waals surface area contributed by atoms with E-state index < -0.39 is 24.1 Å². The monoisotopic (exact) mass is 261 g/mol. The van der Waals surface area contributed by atoms with Gasteiger partial charge in [0.2, 0.25) is 5.91 Å². The Morgan fingerprint density at radius 1 is 1.33 bits per heavy atom. The number of anilines is 1. The minimum absolute atomic E-state index is 0.431. The predicted molar refractivity (Wildman–Crippen MR) is 61.1 cm³/mol. The average molecular weight is 261 g/mol. The first-order chi connectivity index (χ1) is 8.13. The largest absolute Gasteiger partial charge is 0.417 e. The van der Waals surface area contributed by atoms with Gasteiger partial charge < -0.3 is 10.4 Å². The first-order valence-corrected chi connectivity index (χ1v) is 5.28. The number of aliphatic hydroxyl groups is 1. The number of alkyl halides is 3. The van der Waals surface area contributed by atoms with Gasteiger partial charge in [-0.15, -0.1) is 0 Å². The summed E-state index contributed by atoms with van der Waals surface area (Å²) in [6.07, 6.45) is -5.87. The molecule has 0 aliphatic rings. The van der Waals surface area contributed by atoms with Crippen LogP contribution in [0.2, 0.25) is 0 Å². The summed E-state index contributed by atoms with van der Waals surface area (Å²) in [5.74, 6) is -0.883. The third kappa shape index (κ3) is 3.46. The van der Waals surface area contributed by atoms with Gasteiger partial charge in [0, 0.05) is 5.69 Å². The Morgan fingerprint density at radius 2 is 1.89 bits per heavy atom. The summed E-state index contributed by atoms with van der Waals surface area (Å²) < 4.78 is 37.1. The van der Waals surface area contributed by atoms with Crippen LogP contribution in [0.5, 0.6) is 0 Å². The second-order valence-electron chi connectivity index (χ2n) is 4.31. The number of carbonyl (C=O) groups is 1. The van der Waals surface area contributed by atoms with E-state index in [-0.39, 0.29) is 0 Å². The maximum atomic E-state index is 12.4. The van der Waals surface area contributed by atoms with E-state index in [1.165, 1.54) is 0 Å². The number of nitrogens with one attached hydrogen (secondary N) is 1. The molecule has 0 saturated heterocycles. The quantitative estimate of drug-likeness (QED) is 0.878. The van der Waals surface area contributed by atoms with Gasteiger partial charge in [-0.25, -0.2) is 0 Å².